The van der Waals surface area contributed by atoms with Crippen LogP contribution < -0.4 is 5.56 Å². The SMILES string of the molecule is CC1(C)CCc2nc3cc(Br)cc(F)c3c(=O)n2C1. The summed E-state index contributed by atoms with van der Waals surface area (Å²) >= 11 is 3.23. The highest BCUT2D eigenvalue weighted by molar-refractivity contribution is 9.10. The van der Waals surface area contributed by atoms with Crippen molar-refractivity contribution in [2.24, 2.45) is 5.41 Å². The molecule has 0 radical (unpaired) electrons. The number of fused-ring (bicyclic) bond motifs is 2. The van der Waals surface area contributed by atoms with E-state index in [-0.39, 0.29) is 16.4 Å². The summed E-state index contributed by atoms with van der Waals surface area (Å²) in [5.74, 6) is 0.245. The summed E-state index contributed by atoms with van der Waals surface area (Å²) in [6.07, 6.45) is 1.74. The lowest BCUT2D eigenvalue weighted by molar-refractivity contribution is 0.240. The summed E-state index contributed by atoms with van der Waals surface area (Å²) in [4.78, 5) is 16.9. The van der Waals surface area contributed by atoms with Crippen LogP contribution in [0.4, 0.5) is 4.39 Å². The van der Waals surface area contributed by atoms with E-state index in [4.69, 9.17) is 0 Å². The number of hydrogen-bond acceptors (Lipinski definition) is 2. The molecule has 0 spiro atoms. The molecule has 1 aromatic heterocycles. The molecule has 3 nitrogen and oxygen atoms in total. The minimum absolute atomic E-state index is 0.0536. The van der Waals surface area contributed by atoms with Crippen LogP contribution in [0.5, 0.6) is 0 Å². The highest BCUT2D eigenvalue weighted by Gasteiger charge is 2.28. The van der Waals surface area contributed by atoms with Gasteiger partial charge in [-0.3, -0.25) is 9.36 Å². The Labute approximate surface area is 118 Å². The number of aryl methyl sites for hydroxylation is 1. The zero-order valence-corrected chi connectivity index (χ0v) is 12.4. The second-order valence-corrected chi connectivity index (χ2v) is 6.78. The fraction of sp³-hybridized carbons (Fsp3) is 0.429. The van der Waals surface area contributed by atoms with Gasteiger partial charge in [-0.2, -0.15) is 0 Å². The Hall–Kier alpha value is -1.23. The molecule has 1 aliphatic heterocycles. The summed E-state index contributed by atoms with van der Waals surface area (Å²) in [7, 11) is 0. The first-order valence-electron chi connectivity index (χ1n) is 6.26. The Kier molecular flexibility index (Phi) is 2.78. The van der Waals surface area contributed by atoms with Gasteiger partial charge in [-0.05, 0) is 24.0 Å². The van der Waals surface area contributed by atoms with Crippen LogP contribution in [-0.4, -0.2) is 9.55 Å². The van der Waals surface area contributed by atoms with Crippen molar-refractivity contribution in [3.8, 4) is 0 Å². The van der Waals surface area contributed by atoms with Gasteiger partial charge in [0.15, 0.2) is 0 Å². The van der Waals surface area contributed by atoms with E-state index in [1.165, 1.54) is 6.07 Å². The third-order valence-corrected chi connectivity index (χ3v) is 4.12. The summed E-state index contributed by atoms with van der Waals surface area (Å²) in [6.45, 7) is 4.83. The molecule has 0 aliphatic carbocycles. The van der Waals surface area contributed by atoms with Gasteiger partial charge < -0.3 is 0 Å². The second kappa shape index (κ2) is 4.13. The maximum absolute atomic E-state index is 14.0. The van der Waals surface area contributed by atoms with Crippen molar-refractivity contribution in [3.05, 3.63) is 38.6 Å². The van der Waals surface area contributed by atoms with E-state index in [1.807, 2.05) is 0 Å². The summed E-state index contributed by atoms with van der Waals surface area (Å²) in [5, 5.41) is 0.0876. The number of nitrogens with zero attached hydrogens (tertiary/aromatic N) is 2. The van der Waals surface area contributed by atoms with Crippen LogP contribution in [0.15, 0.2) is 21.4 Å². The molecular weight excluding hydrogens is 311 g/mol. The molecule has 19 heavy (non-hydrogen) atoms. The van der Waals surface area contributed by atoms with Crippen molar-refractivity contribution in [3.63, 3.8) is 0 Å². The first-order valence-corrected chi connectivity index (χ1v) is 7.05. The fourth-order valence-corrected chi connectivity index (χ4v) is 3.04. The monoisotopic (exact) mass is 324 g/mol. The largest absolute Gasteiger partial charge is 0.295 e. The molecule has 0 N–H and O–H groups in total. The molecule has 0 atom stereocenters. The van der Waals surface area contributed by atoms with Crippen LogP contribution in [0, 0.1) is 11.2 Å². The average Bonchev–Trinajstić information content (AvgIpc) is 2.29. The van der Waals surface area contributed by atoms with Crippen LogP contribution in [0.2, 0.25) is 0 Å². The molecule has 0 bridgehead atoms. The molecule has 3 rings (SSSR count). The molecule has 0 saturated heterocycles. The molecule has 0 amide bonds. The Morgan fingerprint density at radius 2 is 2.16 bits per heavy atom. The molecule has 2 aromatic rings. The number of aromatic nitrogens is 2. The van der Waals surface area contributed by atoms with Crippen LogP contribution in [-0.2, 0) is 13.0 Å². The van der Waals surface area contributed by atoms with Crippen LogP contribution in [0.1, 0.15) is 26.1 Å². The van der Waals surface area contributed by atoms with Crippen LogP contribution in [0.25, 0.3) is 10.9 Å². The van der Waals surface area contributed by atoms with Crippen molar-refractivity contribution >= 4 is 26.8 Å². The van der Waals surface area contributed by atoms with Crippen molar-refractivity contribution in [1.82, 2.24) is 9.55 Å². The van der Waals surface area contributed by atoms with Crippen molar-refractivity contribution in [1.29, 1.82) is 0 Å². The van der Waals surface area contributed by atoms with Crippen molar-refractivity contribution in [2.75, 3.05) is 0 Å². The summed E-state index contributed by atoms with van der Waals surface area (Å²) < 4.78 is 16.2. The first kappa shape index (κ1) is 12.8. The minimum Gasteiger partial charge on any atom is -0.295 e. The normalized spacial score (nSPS) is 17.5. The molecule has 1 aliphatic rings. The first-order chi connectivity index (χ1) is 8.87. The Bertz CT molecular complexity index is 736. The number of benzene rings is 1. The van der Waals surface area contributed by atoms with E-state index in [1.54, 1.807) is 10.6 Å². The number of rotatable bonds is 0. The maximum atomic E-state index is 14.0. The standard InChI is InChI=1S/C14H14BrFN2O/c1-14(2)4-3-11-17-10-6-8(15)5-9(16)12(10)13(19)18(11)7-14/h5-6H,3-4,7H2,1-2H3. The Morgan fingerprint density at radius 3 is 2.89 bits per heavy atom. The van der Waals surface area contributed by atoms with Gasteiger partial charge >= 0.3 is 0 Å². The van der Waals surface area contributed by atoms with Crippen LogP contribution >= 0.6 is 15.9 Å². The predicted molar refractivity (Wildman–Crippen MR) is 75.8 cm³/mol. The smallest absolute Gasteiger partial charge is 0.264 e. The van der Waals surface area contributed by atoms with Gasteiger partial charge in [-0.15, -0.1) is 0 Å². The summed E-state index contributed by atoms with van der Waals surface area (Å²) in [5.41, 5.74) is 0.221. The molecular formula is C14H14BrFN2O. The third kappa shape index (κ3) is 2.10. The van der Waals surface area contributed by atoms with E-state index in [0.29, 0.717) is 16.5 Å². The van der Waals surface area contributed by atoms with Crippen LogP contribution in [0.3, 0.4) is 0 Å². The zero-order valence-electron chi connectivity index (χ0n) is 10.8. The molecule has 0 fully saturated rings. The van der Waals surface area contributed by atoms with Gasteiger partial charge in [-0.25, -0.2) is 9.37 Å². The number of halogens is 2. The van der Waals surface area contributed by atoms with E-state index >= 15 is 0 Å². The second-order valence-electron chi connectivity index (χ2n) is 5.87. The average molecular weight is 325 g/mol. The molecule has 1 aromatic carbocycles. The van der Waals surface area contributed by atoms with E-state index in [2.05, 4.69) is 34.8 Å². The number of hydrogen-bond donors (Lipinski definition) is 0. The van der Waals surface area contributed by atoms with Gasteiger partial charge in [0.2, 0.25) is 0 Å². The molecule has 5 heteroatoms. The van der Waals surface area contributed by atoms with E-state index < -0.39 is 5.82 Å². The lowest BCUT2D eigenvalue weighted by Gasteiger charge is -2.31. The Balaban J connectivity index is 2.35. The molecule has 0 saturated carbocycles. The fourth-order valence-electron chi connectivity index (χ4n) is 2.62. The van der Waals surface area contributed by atoms with E-state index in [0.717, 1.165) is 18.7 Å². The Morgan fingerprint density at radius 1 is 1.42 bits per heavy atom. The van der Waals surface area contributed by atoms with Gasteiger partial charge in [0.05, 0.1) is 5.52 Å². The highest BCUT2D eigenvalue weighted by atomic mass is 79.9. The topological polar surface area (TPSA) is 34.9 Å². The van der Waals surface area contributed by atoms with Gasteiger partial charge in [0.25, 0.3) is 5.56 Å². The van der Waals surface area contributed by atoms with E-state index in [9.17, 15) is 9.18 Å². The third-order valence-electron chi connectivity index (χ3n) is 3.67. The highest BCUT2D eigenvalue weighted by Crippen LogP contribution is 2.30. The molecule has 0 unspecified atom stereocenters. The quantitative estimate of drug-likeness (QED) is 0.745. The zero-order chi connectivity index (χ0) is 13.8. The lowest BCUT2D eigenvalue weighted by Crippen LogP contribution is -2.36. The molecule has 2 heterocycles. The molecule has 100 valence electrons. The minimum atomic E-state index is -0.513. The lowest BCUT2D eigenvalue weighted by atomic mass is 9.85. The van der Waals surface area contributed by atoms with Crippen molar-refractivity contribution < 1.29 is 4.39 Å². The van der Waals surface area contributed by atoms with Gasteiger partial charge in [0, 0.05) is 17.4 Å². The van der Waals surface area contributed by atoms with Crippen molar-refractivity contribution in [2.45, 2.75) is 33.2 Å². The predicted octanol–water partition coefficient (Wildman–Crippen LogP) is 3.27. The maximum Gasteiger partial charge on any atom is 0.264 e. The summed E-state index contributed by atoms with van der Waals surface area (Å²) in [6, 6.07) is 3.01. The van der Waals surface area contributed by atoms with Gasteiger partial charge in [-0.1, -0.05) is 29.8 Å². The van der Waals surface area contributed by atoms with Gasteiger partial charge in [0.1, 0.15) is 17.0 Å².